The summed E-state index contributed by atoms with van der Waals surface area (Å²) in [5, 5.41) is 44.1. The number of nitro groups is 1. The van der Waals surface area contributed by atoms with Crippen molar-refractivity contribution >= 4 is 17.9 Å². The highest BCUT2D eigenvalue weighted by Crippen LogP contribution is 2.25. The molecule has 11 N–H and O–H groups in total. The fourth-order valence-corrected chi connectivity index (χ4v) is 1.80. The van der Waals surface area contributed by atoms with Crippen LogP contribution in [0.5, 0.6) is 11.5 Å². The van der Waals surface area contributed by atoms with E-state index in [2.05, 4.69) is 4.99 Å². The number of hydrogen-bond acceptors (Lipinski definition) is 9. The maximum absolute atomic E-state index is 10.4. The monoisotopic (exact) mass is 416 g/mol. The van der Waals surface area contributed by atoms with Crippen molar-refractivity contribution in [2.75, 3.05) is 6.54 Å². The molecular formula is C15H24N6O8. The average Bonchev–Trinajstić information content (AvgIpc) is 2.61. The Bertz CT molecular complexity index is 742. The van der Waals surface area contributed by atoms with Crippen LogP contribution in [0, 0.1) is 10.1 Å². The molecule has 1 rings (SSSR count). The Kier molecular flexibility index (Phi) is 11.1. The summed E-state index contributed by atoms with van der Waals surface area (Å²) in [5.74, 6) is -3.02. The van der Waals surface area contributed by atoms with Crippen molar-refractivity contribution in [2.24, 2.45) is 22.2 Å². The number of hydrazine groups is 1. The number of hydrogen-bond donors (Lipinski definition) is 8. The van der Waals surface area contributed by atoms with Crippen molar-refractivity contribution < 1.29 is 35.0 Å². The molecule has 0 unspecified atom stereocenters. The van der Waals surface area contributed by atoms with Gasteiger partial charge in [0.05, 0.1) is 0 Å². The van der Waals surface area contributed by atoms with Gasteiger partial charge < -0.3 is 37.6 Å². The van der Waals surface area contributed by atoms with E-state index in [0.717, 1.165) is 0 Å². The third kappa shape index (κ3) is 11.6. The zero-order valence-electron chi connectivity index (χ0n) is 15.3. The number of carbonyl (C=O) groups is 2. The molecule has 1 aromatic carbocycles. The van der Waals surface area contributed by atoms with E-state index in [0.29, 0.717) is 12.0 Å². The third-order valence-corrected chi connectivity index (χ3v) is 3.29. The Morgan fingerprint density at radius 2 is 1.72 bits per heavy atom. The molecule has 29 heavy (non-hydrogen) atoms. The number of aromatic hydroxyl groups is 2. The number of benzene rings is 1. The summed E-state index contributed by atoms with van der Waals surface area (Å²) in [6.07, 6.45) is 0.751. The van der Waals surface area contributed by atoms with Crippen LogP contribution in [0.4, 0.5) is 0 Å². The van der Waals surface area contributed by atoms with Crippen LogP contribution in [0.15, 0.2) is 23.2 Å². The second kappa shape index (κ2) is 12.7. The second-order valence-electron chi connectivity index (χ2n) is 5.69. The summed E-state index contributed by atoms with van der Waals surface area (Å²) < 4.78 is 0. The van der Waals surface area contributed by atoms with Gasteiger partial charge in [-0.25, -0.2) is 15.1 Å². The molecule has 0 aliphatic rings. The summed E-state index contributed by atoms with van der Waals surface area (Å²) in [7, 11) is 0. The third-order valence-electron chi connectivity index (χ3n) is 3.29. The molecule has 14 nitrogen and oxygen atoms in total. The van der Waals surface area contributed by atoms with E-state index < -0.39 is 29.1 Å². The summed E-state index contributed by atoms with van der Waals surface area (Å²) in [5.41, 5.74) is 17.8. The SMILES string of the molecule is NC(=NCCC[C@H](N)C(=O)O)N[N+](=O)[O-].N[C@@H](Cc1ccc(O)c(O)c1)C(=O)O. The first kappa shape index (κ1) is 25.4. The number of carboxylic acids is 2. The Morgan fingerprint density at radius 1 is 1.14 bits per heavy atom. The molecule has 0 radical (unpaired) electrons. The lowest BCUT2D eigenvalue weighted by Crippen LogP contribution is -2.36. The smallest absolute Gasteiger partial charge is 0.320 e. The summed E-state index contributed by atoms with van der Waals surface area (Å²) in [4.78, 5) is 34.2. The summed E-state index contributed by atoms with van der Waals surface area (Å²) in [6, 6.07) is 2.15. The van der Waals surface area contributed by atoms with E-state index in [-0.39, 0.29) is 36.8 Å². The van der Waals surface area contributed by atoms with E-state index in [9.17, 15) is 19.7 Å². The number of nitrogens with one attached hydrogen (secondary N) is 1. The molecule has 0 amide bonds. The highest BCUT2D eigenvalue weighted by atomic mass is 16.7. The van der Waals surface area contributed by atoms with Crippen LogP contribution in [-0.2, 0) is 16.0 Å². The normalized spacial score (nSPS) is 12.8. The van der Waals surface area contributed by atoms with Crippen LogP contribution in [0.1, 0.15) is 18.4 Å². The molecule has 0 aliphatic heterocycles. The lowest BCUT2D eigenvalue weighted by atomic mass is 10.1. The number of carboxylic acid groups (broad SMARTS) is 2. The molecule has 0 saturated heterocycles. The molecule has 0 aromatic heterocycles. The number of nitrogens with zero attached hydrogens (tertiary/aromatic N) is 2. The maximum Gasteiger partial charge on any atom is 0.320 e. The zero-order valence-corrected chi connectivity index (χ0v) is 15.3. The van der Waals surface area contributed by atoms with E-state index >= 15 is 0 Å². The predicted octanol–water partition coefficient (Wildman–Crippen LogP) is -1.67. The quantitative estimate of drug-likeness (QED) is 0.0560. The van der Waals surface area contributed by atoms with E-state index in [1.54, 1.807) is 5.43 Å². The number of rotatable bonds is 9. The van der Waals surface area contributed by atoms with Crippen LogP contribution in [0.25, 0.3) is 0 Å². The van der Waals surface area contributed by atoms with Gasteiger partial charge in [0.2, 0.25) is 0 Å². The minimum absolute atomic E-state index is 0.114. The highest BCUT2D eigenvalue weighted by Gasteiger charge is 2.13. The molecule has 0 fully saturated rings. The molecule has 0 spiro atoms. The fraction of sp³-hybridized carbons (Fsp3) is 0.400. The summed E-state index contributed by atoms with van der Waals surface area (Å²) >= 11 is 0. The van der Waals surface area contributed by atoms with Gasteiger partial charge in [-0.05, 0) is 37.0 Å². The fourth-order valence-electron chi connectivity index (χ4n) is 1.80. The number of nitrogens with two attached hydrogens (primary N) is 3. The number of aliphatic imine (C=N–C) groups is 1. The molecule has 0 aliphatic carbocycles. The van der Waals surface area contributed by atoms with E-state index in [4.69, 9.17) is 37.6 Å². The van der Waals surface area contributed by atoms with Crippen molar-refractivity contribution in [3.8, 4) is 11.5 Å². The van der Waals surface area contributed by atoms with Gasteiger partial charge in [0, 0.05) is 6.54 Å². The van der Waals surface area contributed by atoms with Crippen molar-refractivity contribution in [3.63, 3.8) is 0 Å². The van der Waals surface area contributed by atoms with Gasteiger partial charge in [-0.15, -0.1) is 0 Å². The molecule has 0 heterocycles. The lowest BCUT2D eigenvalue weighted by molar-refractivity contribution is -0.525. The zero-order chi connectivity index (χ0) is 22.6. The molecule has 1 aromatic rings. The standard InChI is InChI=1S/C9H11NO4.C6H13N5O4/c10-6(9(13)14)3-5-1-2-7(11)8(12)4-5;7-4(5(12)13)2-1-3-9-6(8)10-11(14)15/h1-2,4,6,11-12H,3,10H2,(H,13,14);4H,1-3,7H2,(H,12,13)(H3,8,9,10)/t6-;4-/m00/s1. The molecule has 0 bridgehead atoms. The first-order chi connectivity index (χ1) is 13.4. The molecule has 14 heteroatoms. The van der Waals surface area contributed by atoms with Crippen LogP contribution < -0.4 is 22.6 Å². The largest absolute Gasteiger partial charge is 0.504 e. The Balaban J connectivity index is 0.000000541. The maximum atomic E-state index is 10.4. The van der Waals surface area contributed by atoms with Crippen LogP contribution in [-0.4, -0.2) is 62.0 Å². The van der Waals surface area contributed by atoms with Crippen molar-refractivity contribution in [1.82, 2.24) is 5.43 Å². The predicted molar refractivity (Wildman–Crippen MR) is 101 cm³/mol. The number of phenolic OH excluding ortho intramolecular Hbond substituents is 2. The number of aliphatic carboxylic acids is 2. The van der Waals surface area contributed by atoms with E-state index in [1.807, 2.05) is 0 Å². The number of guanidine groups is 1. The van der Waals surface area contributed by atoms with Gasteiger partial charge in [0.15, 0.2) is 16.5 Å². The topological polar surface area (TPSA) is 261 Å². The van der Waals surface area contributed by atoms with Crippen LogP contribution in [0.3, 0.4) is 0 Å². The minimum atomic E-state index is -1.10. The Labute approximate surface area is 164 Å². The first-order valence-electron chi connectivity index (χ1n) is 8.12. The first-order valence-corrected chi connectivity index (χ1v) is 8.12. The van der Waals surface area contributed by atoms with Gasteiger partial charge in [0.25, 0.3) is 5.96 Å². The van der Waals surface area contributed by atoms with Gasteiger partial charge in [-0.2, -0.15) is 0 Å². The highest BCUT2D eigenvalue weighted by molar-refractivity contribution is 5.76. The van der Waals surface area contributed by atoms with Crippen molar-refractivity contribution in [3.05, 3.63) is 33.9 Å². The molecule has 2 atom stereocenters. The second-order valence-corrected chi connectivity index (χ2v) is 5.69. The Morgan fingerprint density at radius 3 is 2.21 bits per heavy atom. The lowest BCUT2D eigenvalue weighted by Gasteiger charge is -2.06. The minimum Gasteiger partial charge on any atom is -0.504 e. The van der Waals surface area contributed by atoms with Crippen LogP contribution >= 0.6 is 0 Å². The van der Waals surface area contributed by atoms with Crippen molar-refractivity contribution in [1.29, 1.82) is 0 Å². The number of phenols is 2. The van der Waals surface area contributed by atoms with Crippen LogP contribution in [0.2, 0.25) is 0 Å². The average molecular weight is 416 g/mol. The van der Waals surface area contributed by atoms with E-state index in [1.165, 1.54) is 18.2 Å². The van der Waals surface area contributed by atoms with Gasteiger partial charge >= 0.3 is 11.9 Å². The summed E-state index contributed by atoms with van der Waals surface area (Å²) in [6.45, 7) is 0.188. The van der Waals surface area contributed by atoms with Gasteiger partial charge in [-0.3, -0.25) is 9.59 Å². The molecular weight excluding hydrogens is 392 g/mol. The van der Waals surface area contributed by atoms with Crippen molar-refractivity contribution in [2.45, 2.75) is 31.3 Å². The molecule has 0 saturated carbocycles. The molecule has 162 valence electrons. The van der Waals surface area contributed by atoms with Gasteiger partial charge in [-0.1, -0.05) is 11.5 Å². The Hall–Kier alpha value is -3.65. The van der Waals surface area contributed by atoms with Gasteiger partial charge in [0.1, 0.15) is 12.1 Å².